The summed E-state index contributed by atoms with van der Waals surface area (Å²) in [7, 11) is 1.64. The highest BCUT2D eigenvalue weighted by molar-refractivity contribution is 5.95. The first kappa shape index (κ1) is 17.8. The molecule has 0 saturated carbocycles. The van der Waals surface area contributed by atoms with E-state index in [1.165, 1.54) is 6.07 Å². The molecule has 5 heteroatoms. The Morgan fingerprint density at radius 1 is 1.18 bits per heavy atom. The molecule has 1 atom stereocenters. The largest absolute Gasteiger partial charge is 0.508 e. The molecule has 0 fully saturated rings. The zero-order valence-electron chi connectivity index (χ0n) is 15.4. The maximum atomic E-state index is 10.4. The SMILES string of the molecule is COc1cc[nH]c1/C=C1\CNc2cccc(C#CC(O)c3cccc(O)c3)c21. The highest BCUT2D eigenvalue weighted by Crippen LogP contribution is 2.35. The van der Waals surface area contributed by atoms with Crippen LogP contribution in [0.1, 0.15) is 28.5 Å². The number of aliphatic hydroxyl groups is 1. The first-order valence-corrected chi connectivity index (χ1v) is 8.93. The van der Waals surface area contributed by atoms with Crippen LogP contribution in [0.15, 0.2) is 54.7 Å². The summed E-state index contributed by atoms with van der Waals surface area (Å²) in [5.74, 6) is 6.86. The van der Waals surface area contributed by atoms with Gasteiger partial charge in [0.1, 0.15) is 17.6 Å². The van der Waals surface area contributed by atoms with Crippen molar-refractivity contribution >= 4 is 17.3 Å². The molecule has 2 aromatic carbocycles. The average molecular weight is 372 g/mol. The second-order valence-corrected chi connectivity index (χ2v) is 6.48. The average Bonchev–Trinajstić information content (AvgIpc) is 3.33. The third-order valence-electron chi connectivity index (χ3n) is 4.66. The molecule has 4 rings (SSSR count). The van der Waals surface area contributed by atoms with Gasteiger partial charge in [-0.1, -0.05) is 30.0 Å². The van der Waals surface area contributed by atoms with Gasteiger partial charge in [-0.15, -0.1) is 0 Å². The van der Waals surface area contributed by atoms with Gasteiger partial charge < -0.3 is 25.3 Å². The molecule has 4 N–H and O–H groups in total. The lowest BCUT2D eigenvalue weighted by molar-refractivity contribution is 0.238. The number of aromatic hydroxyl groups is 1. The normalized spacial score (nSPS) is 14.7. The van der Waals surface area contributed by atoms with Gasteiger partial charge in [-0.05, 0) is 47.5 Å². The minimum absolute atomic E-state index is 0.105. The number of aliphatic hydroxyl groups excluding tert-OH is 1. The number of hydrogen-bond acceptors (Lipinski definition) is 4. The Balaban J connectivity index is 1.69. The summed E-state index contributed by atoms with van der Waals surface area (Å²) in [6.07, 6.45) is 2.91. The maximum Gasteiger partial charge on any atom is 0.143 e. The van der Waals surface area contributed by atoms with E-state index in [4.69, 9.17) is 4.74 Å². The van der Waals surface area contributed by atoms with Crippen LogP contribution in [0.5, 0.6) is 11.5 Å². The molecule has 0 aliphatic carbocycles. The van der Waals surface area contributed by atoms with Crippen LogP contribution < -0.4 is 10.1 Å². The number of rotatable bonds is 3. The molecule has 1 unspecified atom stereocenters. The Morgan fingerprint density at radius 3 is 2.86 bits per heavy atom. The highest BCUT2D eigenvalue weighted by Gasteiger charge is 2.19. The second kappa shape index (κ2) is 7.55. The van der Waals surface area contributed by atoms with Crippen molar-refractivity contribution in [3.63, 3.8) is 0 Å². The summed E-state index contributed by atoms with van der Waals surface area (Å²) in [5.41, 5.74) is 5.41. The number of H-pyrrole nitrogens is 1. The fraction of sp³-hybridized carbons (Fsp3) is 0.130. The Labute approximate surface area is 163 Å². The van der Waals surface area contributed by atoms with E-state index in [-0.39, 0.29) is 5.75 Å². The summed E-state index contributed by atoms with van der Waals surface area (Å²) in [6.45, 7) is 0.686. The number of anilines is 1. The van der Waals surface area contributed by atoms with Gasteiger partial charge in [-0.2, -0.15) is 0 Å². The van der Waals surface area contributed by atoms with E-state index in [2.05, 4.69) is 28.2 Å². The number of fused-ring (bicyclic) bond motifs is 1. The van der Waals surface area contributed by atoms with E-state index in [1.807, 2.05) is 30.5 Å². The van der Waals surface area contributed by atoms with Crippen LogP contribution in [0.25, 0.3) is 11.6 Å². The van der Waals surface area contributed by atoms with E-state index in [9.17, 15) is 10.2 Å². The van der Waals surface area contributed by atoms with Crippen molar-refractivity contribution in [3.05, 3.63) is 77.1 Å². The Kier molecular flexibility index (Phi) is 4.79. The van der Waals surface area contributed by atoms with Crippen molar-refractivity contribution < 1.29 is 14.9 Å². The number of nitrogens with one attached hydrogen (secondary N) is 2. The number of hydrogen-bond donors (Lipinski definition) is 4. The van der Waals surface area contributed by atoms with Crippen molar-refractivity contribution in [2.45, 2.75) is 6.10 Å². The fourth-order valence-corrected chi connectivity index (χ4v) is 3.31. The lowest BCUT2D eigenvalue weighted by atomic mass is 9.99. The molecule has 0 radical (unpaired) electrons. The minimum atomic E-state index is -0.978. The summed E-state index contributed by atoms with van der Waals surface area (Å²) in [5, 5.41) is 23.3. The third-order valence-corrected chi connectivity index (χ3v) is 4.66. The summed E-state index contributed by atoms with van der Waals surface area (Å²) >= 11 is 0. The number of aromatic nitrogens is 1. The molecule has 140 valence electrons. The number of phenols is 1. The molecule has 1 aromatic heterocycles. The number of methoxy groups -OCH3 is 1. The van der Waals surface area contributed by atoms with Gasteiger partial charge in [0.2, 0.25) is 0 Å². The predicted octanol–water partition coefficient (Wildman–Crippen LogP) is 3.78. The van der Waals surface area contributed by atoms with Crippen molar-refractivity contribution in [1.29, 1.82) is 0 Å². The quantitative estimate of drug-likeness (QED) is 0.528. The van der Waals surface area contributed by atoms with Crippen LogP contribution in [-0.4, -0.2) is 28.9 Å². The van der Waals surface area contributed by atoms with Crippen molar-refractivity contribution in [2.75, 3.05) is 19.0 Å². The minimum Gasteiger partial charge on any atom is -0.508 e. The fourth-order valence-electron chi connectivity index (χ4n) is 3.31. The Hall–Kier alpha value is -3.62. The Morgan fingerprint density at radius 2 is 2.04 bits per heavy atom. The molecule has 28 heavy (non-hydrogen) atoms. The van der Waals surface area contributed by atoms with Crippen LogP contribution in [0.3, 0.4) is 0 Å². The molecular formula is C23H20N2O3. The summed E-state index contributed by atoms with van der Waals surface area (Å²) < 4.78 is 5.37. The topological polar surface area (TPSA) is 77.5 Å². The number of benzene rings is 2. The van der Waals surface area contributed by atoms with Gasteiger partial charge >= 0.3 is 0 Å². The first-order valence-electron chi connectivity index (χ1n) is 8.93. The molecule has 3 aromatic rings. The molecule has 0 bridgehead atoms. The van der Waals surface area contributed by atoms with Gasteiger partial charge in [0.25, 0.3) is 0 Å². The van der Waals surface area contributed by atoms with Crippen LogP contribution in [0.4, 0.5) is 5.69 Å². The Bertz CT molecular complexity index is 1100. The zero-order chi connectivity index (χ0) is 19.5. The van der Waals surface area contributed by atoms with Gasteiger partial charge in [-0.25, -0.2) is 0 Å². The summed E-state index contributed by atoms with van der Waals surface area (Å²) in [4.78, 5) is 3.18. The van der Waals surface area contributed by atoms with Crippen LogP contribution in [-0.2, 0) is 0 Å². The second-order valence-electron chi connectivity index (χ2n) is 6.48. The lowest BCUT2D eigenvalue weighted by Gasteiger charge is -2.06. The lowest BCUT2D eigenvalue weighted by Crippen LogP contribution is -1.94. The van der Waals surface area contributed by atoms with E-state index in [0.717, 1.165) is 33.8 Å². The third kappa shape index (κ3) is 3.46. The number of aromatic amines is 1. The molecule has 0 spiro atoms. The van der Waals surface area contributed by atoms with E-state index in [0.29, 0.717) is 12.1 Å². The predicted molar refractivity (Wildman–Crippen MR) is 110 cm³/mol. The monoisotopic (exact) mass is 372 g/mol. The number of ether oxygens (including phenoxy) is 1. The molecular weight excluding hydrogens is 352 g/mol. The van der Waals surface area contributed by atoms with Gasteiger partial charge in [-0.3, -0.25) is 0 Å². The van der Waals surface area contributed by atoms with E-state index >= 15 is 0 Å². The van der Waals surface area contributed by atoms with Crippen molar-refractivity contribution in [3.8, 4) is 23.3 Å². The zero-order valence-corrected chi connectivity index (χ0v) is 15.4. The standard InChI is InChI=1S/C23H20N2O3/c1-28-22-10-11-24-20(22)13-17-14-25-19-7-3-4-15(23(17)19)8-9-21(27)16-5-2-6-18(26)12-16/h2-7,10-13,21,24-27H,14H2,1H3/b17-13+. The highest BCUT2D eigenvalue weighted by atomic mass is 16.5. The summed E-state index contributed by atoms with van der Waals surface area (Å²) in [6, 6.07) is 14.3. The smallest absolute Gasteiger partial charge is 0.143 e. The first-order chi connectivity index (χ1) is 13.7. The van der Waals surface area contributed by atoms with Crippen LogP contribution >= 0.6 is 0 Å². The molecule has 2 heterocycles. The van der Waals surface area contributed by atoms with Gasteiger partial charge in [0.15, 0.2) is 0 Å². The van der Waals surface area contributed by atoms with E-state index < -0.39 is 6.10 Å². The molecule has 1 aliphatic heterocycles. The van der Waals surface area contributed by atoms with E-state index in [1.54, 1.807) is 25.3 Å². The maximum absolute atomic E-state index is 10.4. The number of phenolic OH excluding ortho intramolecular Hbond substituents is 1. The van der Waals surface area contributed by atoms with Crippen LogP contribution in [0.2, 0.25) is 0 Å². The molecule has 0 amide bonds. The van der Waals surface area contributed by atoms with Crippen molar-refractivity contribution in [1.82, 2.24) is 4.98 Å². The molecule has 1 aliphatic rings. The molecule has 5 nitrogen and oxygen atoms in total. The molecule has 0 saturated heterocycles. The van der Waals surface area contributed by atoms with Crippen LogP contribution in [0, 0.1) is 11.8 Å². The van der Waals surface area contributed by atoms with Crippen molar-refractivity contribution in [2.24, 2.45) is 0 Å². The van der Waals surface area contributed by atoms with Gasteiger partial charge in [0, 0.05) is 29.6 Å². The van der Waals surface area contributed by atoms with Gasteiger partial charge in [0.05, 0.1) is 12.8 Å².